The van der Waals surface area contributed by atoms with Crippen molar-refractivity contribution in [2.45, 2.75) is 26.1 Å². The van der Waals surface area contributed by atoms with Crippen molar-refractivity contribution < 1.29 is 27.5 Å². The lowest BCUT2D eigenvalue weighted by molar-refractivity contribution is -0.154. The SMILES string of the molecule is CCN1C[C@@H](C(=O)NCc2cccnc2OCC(F)(F)F)CC1=O. The number of carbonyl (C=O) groups is 2. The molecule has 2 amide bonds. The molecule has 1 aliphatic rings. The zero-order valence-corrected chi connectivity index (χ0v) is 13.1. The summed E-state index contributed by atoms with van der Waals surface area (Å²) in [4.78, 5) is 29.1. The fraction of sp³-hybridized carbons (Fsp3) is 0.533. The minimum Gasteiger partial charge on any atom is -0.468 e. The number of hydrogen-bond acceptors (Lipinski definition) is 4. The number of aromatic nitrogens is 1. The van der Waals surface area contributed by atoms with Crippen molar-refractivity contribution in [1.29, 1.82) is 0 Å². The van der Waals surface area contributed by atoms with Crippen LogP contribution in [0.2, 0.25) is 0 Å². The van der Waals surface area contributed by atoms with Crippen LogP contribution in [0.4, 0.5) is 13.2 Å². The predicted octanol–water partition coefficient (Wildman–Crippen LogP) is 1.51. The summed E-state index contributed by atoms with van der Waals surface area (Å²) in [6.07, 6.45) is -3.01. The van der Waals surface area contributed by atoms with Gasteiger partial charge in [0.1, 0.15) is 0 Å². The van der Waals surface area contributed by atoms with E-state index < -0.39 is 18.7 Å². The molecule has 9 heteroatoms. The number of rotatable bonds is 6. The van der Waals surface area contributed by atoms with Gasteiger partial charge in [-0.1, -0.05) is 6.07 Å². The molecular formula is C15H18F3N3O3. The van der Waals surface area contributed by atoms with Gasteiger partial charge in [-0.3, -0.25) is 9.59 Å². The van der Waals surface area contributed by atoms with Crippen LogP contribution in [0.25, 0.3) is 0 Å². The molecule has 6 nitrogen and oxygen atoms in total. The third kappa shape index (κ3) is 4.84. The lowest BCUT2D eigenvalue weighted by Crippen LogP contribution is -2.32. The van der Waals surface area contributed by atoms with E-state index in [1.54, 1.807) is 11.0 Å². The number of carbonyl (C=O) groups excluding carboxylic acids is 2. The number of pyridine rings is 1. The molecule has 0 saturated carbocycles. The summed E-state index contributed by atoms with van der Waals surface area (Å²) in [6, 6.07) is 3.07. The van der Waals surface area contributed by atoms with Crippen molar-refractivity contribution in [3.8, 4) is 5.88 Å². The molecule has 0 unspecified atom stereocenters. The van der Waals surface area contributed by atoms with Gasteiger partial charge in [-0.05, 0) is 13.0 Å². The molecule has 1 atom stereocenters. The fourth-order valence-electron chi connectivity index (χ4n) is 2.42. The molecule has 1 N–H and O–H groups in total. The quantitative estimate of drug-likeness (QED) is 0.848. The maximum Gasteiger partial charge on any atom is 0.422 e. The minimum absolute atomic E-state index is 0.0172. The molecular weight excluding hydrogens is 327 g/mol. The molecule has 0 aliphatic carbocycles. The topological polar surface area (TPSA) is 71.5 Å². The molecule has 1 aliphatic heterocycles. The molecule has 132 valence electrons. The Labute approximate surface area is 137 Å². The van der Waals surface area contributed by atoms with Crippen molar-refractivity contribution in [2.24, 2.45) is 5.92 Å². The predicted molar refractivity (Wildman–Crippen MR) is 78.0 cm³/mol. The van der Waals surface area contributed by atoms with Crippen LogP contribution >= 0.6 is 0 Å². The first-order chi connectivity index (χ1) is 11.3. The van der Waals surface area contributed by atoms with Crippen LogP contribution in [0.1, 0.15) is 18.9 Å². The van der Waals surface area contributed by atoms with Gasteiger partial charge in [0.2, 0.25) is 17.7 Å². The Balaban J connectivity index is 1.92. The van der Waals surface area contributed by atoms with E-state index in [0.717, 1.165) is 0 Å². The zero-order chi connectivity index (χ0) is 17.7. The number of nitrogens with zero attached hydrogens (tertiary/aromatic N) is 2. The van der Waals surface area contributed by atoms with E-state index >= 15 is 0 Å². The van der Waals surface area contributed by atoms with Gasteiger partial charge in [0.25, 0.3) is 0 Å². The number of halogens is 3. The third-order valence-corrected chi connectivity index (χ3v) is 3.64. The average Bonchev–Trinajstić information content (AvgIpc) is 2.91. The van der Waals surface area contributed by atoms with Gasteiger partial charge < -0.3 is 15.0 Å². The van der Waals surface area contributed by atoms with Gasteiger partial charge in [0.05, 0.1) is 5.92 Å². The summed E-state index contributed by atoms with van der Waals surface area (Å²) in [5, 5.41) is 2.62. The van der Waals surface area contributed by atoms with Crippen LogP contribution in [0.5, 0.6) is 5.88 Å². The number of ether oxygens (including phenoxy) is 1. The molecule has 0 bridgehead atoms. The van der Waals surface area contributed by atoms with Gasteiger partial charge in [-0.25, -0.2) is 4.98 Å². The van der Waals surface area contributed by atoms with Crippen LogP contribution in [-0.2, 0) is 16.1 Å². The molecule has 0 aromatic carbocycles. The standard InChI is InChI=1S/C15H18F3N3O3/c1-2-21-8-11(6-12(21)22)13(23)20-7-10-4-3-5-19-14(10)24-9-15(16,17)18/h3-5,11H,2,6-9H2,1H3,(H,20,23)/t11-/m0/s1. The van der Waals surface area contributed by atoms with Gasteiger partial charge >= 0.3 is 6.18 Å². The highest BCUT2D eigenvalue weighted by Gasteiger charge is 2.33. The second-order valence-corrected chi connectivity index (χ2v) is 5.42. The van der Waals surface area contributed by atoms with Crippen LogP contribution < -0.4 is 10.1 Å². The van der Waals surface area contributed by atoms with Crippen LogP contribution in [0.3, 0.4) is 0 Å². The third-order valence-electron chi connectivity index (χ3n) is 3.64. The lowest BCUT2D eigenvalue weighted by atomic mass is 10.1. The molecule has 24 heavy (non-hydrogen) atoms. The van der Waals surface area contributed by atoms with E-state index in [2.05, 4.69) is 15.0 Å². The molecule has 1 fully saturated rings. The minimum atomic E-state index is -4.47. The lowest BCUT2D eigenvalue weighted by Gasteiger charge is -2.15. The Morgan fingerprint density at radius 3 is 2.88 bits per heavy atom. The Morgan fingerprint density at radius 2 is 2.25 bits per heavy atom. The summed E-state index contributed by atoms with van der Waals surface area (Å²) in [7, 11) is 0. The van der Waals surface area contributed by atoms with E-state index in [1.807, 2.05) is 6.92 Å². The number of hydrogen-bond donors (Lipinski definition) is 1. The summed E-state index contributed by atoms with van der Waals surface area (Å²) in [6.45, 7) is 1.26. The summed E-state index contributed by atoms with van der Waals surface area (Å²) >= 11 is 0. The molecule has 2 heterocycles. The van der Waals surface area contributed by atoms with Gasteiger partial charge in [-0.15, -0.1) is 0 Å². The second-order valence-electron chi connectivity index (χ2n) is 5.42. The van der Waals surface area contributed by atoms with Crippen molar-refractivity contribution >= 4 is 11.8 Å². The van der Waals surface area contributed by atoms with E-state index in [0.29, 0.717) is 18.7 Å². The second kappa shape index (κ2) is 7.50. The average molecular weight is 345 g/mol. The highest BCUT2D eigenvalue weighted by Crippen LogP contribution is 2.21. The van der Waals surface area contributed by atoms with Crippen LogP contribution in [0, 0.1) is 5.92 Å². The van der Waals surface area contributed by atoms with Gasteiger partial charge in [0.15, 0.2) is 6.61 Å². The first-order valence-electron chi connectivity index (χ1n) is 7.49. The van der Waals surface area contributed by atoms with Crippen LogP contribution in [0.15, 0.2) is 18.3 Å². The molecule has 1 aromatic heterocycles. The van der Waals surface area contributed by atoms with E-state index in [1.165, 1.54) is 12.3 Å². The summed E-state index contributed by atoms with van der Waals surface area (Å²) in [5.41, 5.74) is 0.340. The highest BCUT2D eigenvalue weighted by molar-refractivity contribution is 5.89. The maximum atomic E-state index is 12.2. The monoisotopic (exact) mass is 345 g/mol. The first-order valence-corrected chi connectivity index (χ1v) is 7.49. The molecule has 0 radical (unpaired) electrons. The highest BCUT2D eigenvalue weighted by atomic mass is 19.4. The van der Waals surface area contributed by atoms with Crippen LogP contribution in [-0.4, -0.2) is 47.6 Å². The van der Waals surface area contributed by atoms with Crippen molar-refractivity contribution in [3.63, 3.8) is 0 Å². The Morgan fingerprint density at radius 1 is 1.50 bits per heavy atom. The van der Waals surface area contributed by atoms with Crippen molar-refractivity contribution in [1.82, 2.24) is 15.2 Å². The van der Waals surface area contributed by atoms with E-state index in [9.17, 15) is 22.8 Å². The maximum absolute atomic E-state index is 12.2. The first kappa shape index (κ1) is 18.0. The zero-order valence-electron chi connectivity index (χ0n) is 13.1. The summed E-state index contributed by atoms with van der Waals surface area (Å²) in [5.74, 6) is -1.01. The normalized spacial score (nSPS) is 17.9. The Kier molecular flexibility index (Phi) is 5.63. The van der Waals surface area contributed by atoms with Crippen molar-refractivity contribution in [3.05, 3.63) is 23.9 Å². The Bertz CT molecular complexity index is 607. The Hall–Kier alpha value is -2.32. The van der Waals surface area contributed by atoms with Crippen molar-refractivity contribution in [2.75, 3.05) is 19.7 Å². The molecule has 2 rings (SSSR count). The van der Waals surface area contributed by atoms with Gasteiger partial charge in [-0.2, -0.15) is 13.2 Å². The molecule has 0 spiro atoms. The molecule has 1 saturated heterocycles. The summed E-state index contributed by atoms with van der Waals surface area (Å²) < 4.78 is 41.4. The largest absolute Gasteiger partial charge is 0.468 e. The number of nitrogens with one attached hydrogen (secondary N) is 1. The van der Waals surface area contributed by atoms with Gasteiger partial charge in [0, 0.05) is 37.8 Å². The smallest absolute Gasteiger partial charge is 0.422 e. The number of likely N-dealkylation sites (tertiary alicyclic amines) is 1. The molecule has 1 aromatic rings. The fourth-order valence-corrected chi connectivity index (χ4v) is 2.42. The number of alkyl halides is 3. The number of amides is 2. The van der Waals surface area contributed by atoms with E-state index in [4.69, 9.17) is 0 Å². The van der Waals surface area contributed by atoms with E-state index in [-0.39, 0.29) is 30.7 Å².